The minimum absolute atomic E-state index is 0.740. The van der Waals surface area contributed by atoms with Gasteiger partial charge in [0.05, 0.1) is 17.1 Å². The summed E-state index contributed by atoms with van der Waals surface area (Å²) in [6, 6.07) is 9.92. The number of ether oxygens (including phenoxy) is 1. The van der Waals surface area contributed by atoms with Gasteiger partial charge in [-0.3, -0.25) is 0 Å². The van der Waals surface area contributed by atoms with Gasteiger partial charge in [-0.25, -0.2) is 9.97 Å². The predicted molar refractivity (Wildman–Crippen MR) is 98.3 cm³/mol. The Morgan fingerprint density at radius 1 is 1.26 bits per heavy atom. The van der Waals surface area contributed by atoms with Crippen LogP contribution in [-0.2, 0) is 0 Å². The van der Waals surface area contributed by atoms with Crippen LogP contribution in [0.5, 0.6) is 5.75 Å². The molecule has 1 heterocycles. The van der Waals surface area contributed by atoms with Crippen molar-refractivity contribution in [2.45, 2.75) is 6.92 Å². The summed E-state index contributed by atoms with van der Waals surface area (Å²) in [4.78, 5) is 8.71. The molecule has 0 radical (unpaired) electrons. The first-order chi connectivity index (χ1) is 11.1. The van der Waals surface area contributed by atoms with Crippen LogP contribution in [0.2, 0.25) is 0 Å². The van der Waals surface area contributed by atoms with E-state index in [2.05, 4.69) is 50.8 Å². The molecule has 0 saturated carbocycles. The molecule has 3 aromatic rings. The van der Waals surface area contributed by atoms with Crippen LogP contribution in [0.25, 0.3) is 17.0 Å². The van der Waals surface area contributed by atoms with E-state index in [1.54, 1.807) is 13.4 Å². The molecule has 1 N–H and O–H groups in total. The lowest BCUT2D eigenvalue weighted by molar-refractivity contribution is 0.412. The first kappa shape index (κ1) is 15.5. The number of methoxy groups -OCH3 is 1. The highest BCUT2D eigenvalue weighted by molar-refractivity contribution is 9.10. The highest BCUT2D eigenvalue weighted by atomic mass is 79.9. The van der Waals surface area contributed by atoms with Gasteiger partial charge in [0.15, 0.2) is 0 Å². The SMILES string of the molecule is C=Cc1c(C)cccc1Nc1ncnc2cc(OC)c(Br)cc12. The smallest absolute Gasteiger partial charge is 0.141 e. The van der Waals surface area contributed by atoms with Crippen LogP contribution >= 0.6 is 15.9 Å². The molecule has 0 amide bonds. The molecule has 0 unspecified atom stereocenters. The van der Waals surface area contributed by atoms with Crippen LogP contribution in [0.3, 0.4) is 0 Å². The summed E-state index contributed by atoms with van der Waals surface area (Å²) >= 11 is 3.51. The number of benzene rings is 2. The summed E-state index contributed by atoms with van der Waals surface area (Å²) in [7, 11) is 1.63. The van der Waals surface area contributed by atoms with Crippen molar-refractivity contribution in [2.24, 2.45) is 0 Å². The molecule has 23 heavy (non-hydrogen) atoms. The average molecular weight is 370 g/mol. The van der Waals surface area contributed by atoms with E-state index in [9.17, 15) is 0 Å². The van der Waals surface area contributed by atoms with Crippen LogP contribution in [0, 0.1) is 6.92 Å². The molecule has 0 saturated heterocycles. The highest BCUT2D eigenvalue weighted by Gasteiger charge is 2.10. The second kappa shape index (κ2) is 6.38. The van der Waals surface area contributed by atoms with Gasteiger partial charge in [0, 0.05) is 22.7 Å². The minimum Gasteiger partial charge on any atom is -0.495 e. The Balaban J connectivity index is 2.13. The zero-order valence-corrected chi connectivity index (χ0v) is 14.5. The zero-order valence-electron chi connectivity index (χ0n) is 12.9. The Hall–Kier alpha value is -2.40. The van der Waals surface area contributed by atoms with Crippen LogP contribution in [-0.4, -0.2) is 17.1 Å². The van der Waals surface area contributed by atoms with E-state index in [1.165, 1.54) is 0 Å². The van der Waals surface area contributed by atoms with E-state index in [0.29, 0.717) is 0 Å². The molecule has 0 aliphatic rings. The number of anilines is 2. The third kappa shape index (κ3) is 2.92. The maximum absolute atomic E-state index is 5.32. The second-order valence-corrected chi connectivity index (χ2v) is 5.95. The molecule has 0 aliphatic heterocycles. The molecule has 0 aliphatic carbocycles. The maximum Gasteiger partial charge on any atom is 0.141 e. The Labute approximate surface area is 143 Å². The average Bonchev–Trinajstić information content (AvgIpc) is 2.55. The Bertz CT molecular complexity index is 893. The third-order valence-electron chi connectivity index (χ3n) is 3.69. The van der Waals surface area contributed by atoms with Crippen LogP contribution in [0.15, 0.2) is 47.7 Å². The van der Waals surface area contributed by atoms with Gasteiger partial charge in [0.1, 0.15) is 17.9 Å². The number of fused-ring (bicyclic) bond motifs is 1. The van der Waals surface area contributed by atoms with Gasteiger partial charge in [0.2, 0.25) is 0 Å². The van der Waals surface area contributed by atoms with Gasteiger partial charge in [-0.1, -0.05) is 24.8 Å². The van der Waals surface area contributed by atoms with Gasteiger partial charge in [-0.15, -0.1) is 0 Å². The number of aryl methyl sites for hydroxylation is 1. The van der Waals surface area contributed by atoms with Gasteiger partial charge in [-0.05, 0) is 40.5 Å². The molecule has 1 aromatic heterocycles. The lowest BCUT2D eigenvalue weighted by Gasteiger charge is -2.13. The van der Waals surface area contributed by atoms with E-state index < -0.39 is 0 Å². The van der Waals surface area contributed by atoms with Crippen LogP contribution < -0.4 is 10.1 Å². The molecule has 0 spiro atoms. The van der Waals surface area contributed by atoms with Crippen molar-refractivity contribution in [3.8, 4) is 5.75 Å². The molecule has 0 fully saturated rings. The molecule has 4 nitrogen and oxygen atoms in total. The molecule has 2 aromatic carbocycles. The maximum atomic E-state index is 5.32. The Kier molecular flexibility index (Phi) is 4.30. The number of nitrogens with zero attached hydrogens (tertiary/aromatic N) is 2. The quantitative estimate of drug-likeness (QED) is 0.695. The van der Waals surface area contributed by atoms with Gasteiger partial charge >= 0.3 is 0 Å². The summed E-state index contributed by atoms with van der Waals surface area (Å²) in [6.45, 7) is 5.95. The van der Waals surface area contributed by atoms with Gasteiger partial charge < -0.3 is 10.1 Å². The number of hydrogen-bond acceptors (Lipinski definition) is 4. The first-order valence-electron chi connectivity index (χ1n) is 7.11. The Morgan fingerprint density at radius 3 is 2.83 bits per heavy atom. The number of nitrogens with one attached hydrogen (secondary N) is 1. The van der Waals surface area contributed by atoms with E-state index in [0.717, 1.165) is 43.8 Å². The summed E-state index contributed by atoms with van der Waals surface area (Å²) < 4.78 is 6.18. The minimum atomic E-state index is 0.740. The number of aromatic nitrogens is 2. The molecule has 116 valence electrons. The molecule has 0 bridgehead atoms. The number of rotatable bonds is 4. The van der Waals surface area contributed by atoms with E-state index in [1.807, 2.05) is 30.3 Å². The van der Waals surface area contributed by atoms with E-state index >= 15 is 0 Å². The lowest BCUT2D eigenvalue weighted by atomic mass is 10.1. The van der Waals surface area contributed by atoms with Crippen molar-refractivity contribution < 1.29 is 4.74 Å². The fourth-order valence-corrected chi connectivity index (χ4v) is 3.01. The van der Waals surface area contributed by atoms with Crippen LogP contribution in [0.4, 0.5) is 11.5 Å². The second-order valence-electron chi connectivity index (χ2n) is 5.09. The highest BCUT2D eigenvalue weighted by Crippen LogP contribution is 2.33. The van der Waals surface area contributed by atoms with Gasteiger partial charge in [-0.2, -0.15) is 0 Å². The predicted octanol–water partition coefficient (Wildman–Crippen LogP) is 5.10. The largest absolute Gasteiger partial charge is 0.495 e. The fourth-order valence-electron chi connectivity index (χ4n) is 2.50. The summed E-state index contributed by atoms with van der Waals surface area (Å²) in [5, 5.41) is 4.30. The van der Waals surface area contributed by atoms with Crippen molar-refractivity contribution in [1.29, 1.82) is 0 Å². The topological polar surface area (TPSA) is 47.0 Å². The fraction of sp³-hybridized carbons (Fsp3) is 0.111. The number of hydrogen-bond donors (Lipinski definition) is 1. The van der Waals surface area contributed by atoms with E-state index in [4.69, 9.17) is 4.74 Å². The van der Waals surface area contributed by atoms with Crippen LogP contribution in [0.1, 0.15) is 11.1 Å². The van der Waals surface area contributed by atoms with Crippen molar-refractivity contribution in [2.75, 3.05) is 12.4 Å². The van der Waals surface area contributed by atoms with Crippen molar-refractivity contribution in [3.63, 3.8) is 0 Å². The zero-order chi connectivity index (χ0) is 16.4. The summed E-state index contributed by atoms with van der Waals surface area (Å²) in [5.41, 5.74) is 4.00. The van der Waals surface area contributed by atoms with Crippen molar-refractivity contribution in [3.05, 3.63) is 58.8 Å². The molecule has 0 atom stereocenters. The summed E-state index contributed by atoms with van der Waals surface area (Å²) in [5.74, 6) is 1.48. The molecular weight excluding hydrogens is 354 g/mol. The monoisotopic (exact) mass is 369 g/mol. The normalized spacial score (nSPS) is 10.6. The van der Waals surface area contributed by atoms with Crippen molar-refractivity contribution >= 4 is 44.4 Å². The van der Waals surface area contributed by atoms with Gasteiger partial charge in [0.25, 0.3) is 0 Å². The first-order valence-corrected chi connectivity index (χ1v) is 7.90. The van der Waals surface area contributed by atoms with Crippen molar-refractivity contribution in [1.82, 2.24) is 9.97 Å². The molecular formula is C18H16BrN3O. The molecule has 5 heteroatoms. The lowest BCUT2D eigenvalue weighted by Crippen LogP contribution is -1.99. The standard InChI is InChI=1S/C18H16BrN3O/c1-4-12-11(2)6-5-7-15(12)22-18-13-8-14(19)17(23-3)9-16(13)20-10-21-18/h4-10H,1H2,2-3H3,(H,20,21,22). The third-order valence-corrected chi connectivity index (χ3v) is 4.31. The molecule has 3 rings (SSSR count). The number of halogens is 1. The van der Waals surface area contributed by atoms with E-state index in [-0.39, 0.29) is 0 Å². The Morgan fingerprint density at radius 2 is 2.09 bits per heavy atom. The summed E-state index contributed by atoms with van der Waals surface area (Å²) in [6.07, 6.45) is 3.39.